The minimum Gasteiger partial charge on any atom is -0.481 e. The van der Waals surface area contributed by atoms with Crippen molar-refractivity contribution in [1.29, 1.82) is 0 Å². The van der Waals surface area contributed by atoms with Crippen molar-refractivity contribution in [3.8, 4) is 0 Å². The van der Waals surface area contributed by atoms with E-state index in [9.17, 15) is 9.59 Å². The number of allylic oxidation sites excluding steroid dienone is 2. The maximum absolute atomic E-state index is 10.8. The molecule has 0 radical (unpaired) electrons. The first-order valence-corrected chi connectivity index (χ1v) is 8.29. The van der Waals surface area contributed by atoms with Gasteiger partial charge in [0.25, 0.3) is 0 Å². The van der Waals surface area contributed by atoms with E-state index < -0.39 is 11.9 Å². The predicted molar refractivity (Wildman–Crippen MR) is 96.9 cm³/mol. The molecule has 0 spiro atoms. The van der Waals surface area contributed by atoms with Gasteiger partial charge in [-0.3, -0.25) is 14.6 Å². The number of carbonyl (C=O) groups is 2. The van der Waals surface area contributed by atoms with Gasteiger partial charge in [0.15, 0.2) is 0 Å². The number of aromatic nitrogens is 1. The summed E-state index contributed by atoms with van der Waals surface area (Å²) in [5.41, 5.74) is 7.62. The molecule has 1 aromatic heterocycles. The highest BCUT2D eigenvalue weighted by molar-refractivity contribution is 6.04. The highest BCUT2D eigenvalue weighted by atomic mass is 16.4. The standard InChI is InChI=1S/C19H24N2O4/c1-10-14(5-7-18(22)23)12(3)20-16(10)9-17-11(2)15(13(4)21-17)6-8-19(24)25/h9,20H,5-8H2,1-4H3,(H,22,23)(H,24,25)/b17-9-. The van der Waals surface area contributed by atoms with Gasteiger partial charge in [-0.2, -0.15) is 0 Å². The number of aryl methyl sites for hydroxylation is 1. The number of carboxylic acids is 2. The Balaban J connectivity index is 2.30. The van der Waals surface area contributed by atoms with Gasteiger partial charge >= 0.3 is 11.9 Å². The highest BCUT2D eigenvalue weighted by Crippen LogP contribution is 2.31. The van der Waals surface area contributed by atoms with Gasteiger partial charge in [-0.15, -0.1) is 0 Å². The van der Waals surface area contributed by atoms with E-state index in [0.717, 1.165) is 45.1 Å². The van der Waals surface area contributed by atoms with Crippen LogP contribution in [0.4, 0.5) is 0 Å². The van der Waals surface area contributed by atoms with E-state index in [4.69, 9.17) is 10.2 Å². The van der Waals surface area contributed by atoms with Gasteiger partial charge in [-0.1, -0.05) is 0 Å². The van der Waals surface area contributed by atoms with Gasteiger partial charge in [0, 0.05) is 29.9 Å². The average molecular weight is 344 g/mol. The van der Waals surface area contributed by atoms with E-state index in [2.05, 4.69) is 9.98 Å². The maximum atomic E-state index is 10.8. The van der Waals surface area contributed by atoms with E-state index in [1.54, 1.807) is 0 Å². The number of nitrogens with one attached hydrogen (secondary N) is 1. The molecule has 2 heterocycles. The molecule has 1 aliphatic rings. The van der Waals surface area contributed by atoms with E-state index in [1.807, 2.05) is 33.8 Å². The molecule has 0 aromatic carbocycles. The van der Waals surface area contributed by atoms with E-state index in [1.165, 1.54) is 0 Å². The Hall–Kier alpha value is -2.63. The fraction of sp³-hybridized carbons (Fsp3) is 0.421. The second kappa shape index (κ2) is 7.51. The molecule has 0 saturated carbocycles. The second-order valence-electron chi connectivity index (χ2n) is 6.39. The lowest BCUT2D eigenvalue weighted by molar-refractivity contribution is -0.137. The predicted octanol–water partition coefficient (Wildman–Crippen LogP) is 3.65. The Bertz CT molecular complexity index is 810. The van der Waals surface area contributed by atoms with Crippen molar-refractivity contribution in [2.24, 2.45) is 4.99 Å². The van der Waals surface area contributed by atoms with Gasteiger partial charge in [0.2, 0.25) is 0 Å². The molecule has 3 N–H and O–H groups in total. The van der Waals surface area contributed by atoms with E-state index in [0.29, 0.717) is 12.8 Å². The van der Waals surface area contributed by atoms with Crippen molar-refractivity contribution >= 4 is 23.7 Å². The number of aromatic amines is 1. The lowest BCUT2D eigenvalue weighted by atomic mass is 10.0. The molecule has 0 unspecified atom stereocenters. The Labute approximate surface area is 147 Å². The Morgan fingerprint density at radius 1 is 1.04 bits per heavy atom. The highest BCUT2D eigenvalue weighted by Gasteiger charge is 2.19. The number of H-pyrrole nitrogens is 1. The number of nitrogens with zero attached hydrogens (tertiary/aromatic N) is 1. The molecule has 1 aromatic rings. The largest absolute Gasteiger partial charge is 0.481 e. The van der Waals surface area contributed by atoms with Crippen LogP contribution in [0.3, 0.4) is 0 Å². The van der Waals surface area contributed by atoms with Crippen molar-refractivity contribution in [1.82, 2.24) is 4.98 Å². The summed E-state index contributed by atoms with van der Waals surface area (Å²) in [5.74, 6) is -1.62. The van der Waals surface area contributed by atoms with Crippen LogP contribution in [0, 0.1) is 13.8 Å². The molecule has 134 valence electrons. The van der Waals surface area contributed by atoms with E-state index >= 15 is 0 Å². The van der Waals surface area contributed by atoms with Gasteiger partial charge in [-0.05, 0) is 68.9 Å². The first-order chi connectivity index (χ1) is 11.7. The number of carboxylic acid groups (broad SMARTS) is 2. The van der Waals surface area contributed by atoms with Crippen LogP contribution >= 0.6 is 0 Å². The van der Waals surface area contributed by atoms with Gasteiger partial charge in [0.05, 0.1) is 5.70 Å². The first-order valence-electron chi connectivity index (χ1n) is 8.29. The average Bonchev–Trinajstić information content (AvgIpc) is 2.92. The Kier molecular flexibility index (Phi) is 5.62. The lowest BCUT2D eigenvalue weighted by Crippen LogP contribution is -2.00. The van der Waals surface area contributed by atoms with Crippen LogP contribution in [0.1, 0.15) is 55.6 Å². The van der Waals surface area contributed by atoms with Crippen molar-refractivity contribution in [3.05, 3.63) is 39.4 Å². The second-order valence-corrected chi connectivity index (χ2v) is 6.39. The monoisotopic (exact) mass is 344 g/mol. The fourth-order valence-corrected chi connectivity index (χ4v) is 3.20. The third kappa shape index (κ3) is 4.26. The third-order valence-electron chi connectivity index (χ3n) is 4.65. The topological polar surface area (TPSA) is 103 Å². The Morgan fingerprint density at radius 3 is 2.24 bits per heavy atom. The quantitative estimate of drug-likeness (QED) is 0.702. The summed E-state index contributed by atoms with van der Waals surface area (Å²) in [5, 5.41) is 17.8. The number of hydrogen-bond acceptors (Lipinski definition) is 3. The zero-order valence-electron chi connectivity index (χ0n) is 15.1. The SMILES string of the molecule is CC1=N/C(=C\c2[nH]c(C)c(CCC(=O)O)c2C)C(C)=C1CCC(=O)O. The molecule has 6 nitrogen and oxygen atoms in total. The molecule has 0 atom stereocenters. The summed E-state index contributed by atoms with van der Waals surface area (Å²) in [6, 6.07) is 0. The molecule has 25 heavy (non-hydrogen) atoms. The number of hydrogen-bond donors (Lipinski definition) is 3. The van der Waals surface area contributed by atoms with Crippen LogP contribution in [0.2, 0.25) is 0 Å². The summed E-state index contributed by atoms with van der Waals surface area (Å²) < 4.78 is 0. The molecule has 6 heteroatoms. The number of rotatable bonds is 7. The summed E-state index contributed by atoms with van der Waals surface area (Å²) in [7, 11) is 0. The maximum Gasteiger partial charge on any atom is 0.303 e. The lowest BCUT2D eigenvalue weighted by Gasteiger charge is -2.03. The molecule has 1 aliphatic heterocycles. The van der Waals surface area contributed by atoms with Gasteiger partial charge in [0.1, 0.15) is 0 Å². The molecule has 0 amide bonds. The molecule has 0 aliphatic carbocycles. The van der Waals surface area contributed by atoms with Crippen LogP contribution in [0.25, 0.3) is 6.08 Å². The minimum atomic E-state index is -0.815. The van der Waals surface area contributed by atoms with Crippen LogP contribution in [-0.4, -0.2) is 32.8 Å². The van der Waals surface area contributed by atoms with Crippen molar-refractivity contribution < 1.29 is 19.8 Å². The normalized spacial score (nSPS) is 15.8. The first kappa shape index (κ1) is 18.7. The fourth-order valence-electron chi connectivity index (χ4n) is 3.20. The molecular weight excluding hydrogens is 320 g/mol. The summed E-state index contributed by atoms with van der Waals surface area (Å²) in [4.78, 5) is 29.5. The van der Waals surface area contributed by atoms with Crippen molar-refractivity contribution in [2.45, 2.75) is 53.4 Å². The zero-order valence-corrected chi connectivity index (χ0v) is 15.1. The van der Waals surface area contributed by atoms with Crippen LogP contribution in [0.15, 0.2) is 21.8 Å². The van der Waals surface area contributed by atoms with Gasteiger partial charge in [-0.25, -0.2) is 0 Å². The van der Waals surface area contributed by atoms with Crippen molar-refractivity contribution in [2.75, 3.05) is 0 Å². The molecule has 2 rings (SSSR count). The van der Waals surface area contributed by atoms with Gasteiger partial charge < -0.3 is 15.2 Å². The molecular formula is C19H24N2O4. The molecule has 0 bridgehead atoms. The third-order valence-corrected chi connectivity index (χ3v) is 4.65. The zero-order chi connectivity index (χ0) is 18.7. The van der Waals surface area contributed by atoms with Crippen molar-refractivity contribution in [3.63, 3.8) is 0 Å². The minimum absolute atomic E-state index is 0.0901. The summed E-state index contributed by atoms with van der Waals surface area (Å²) in [6.45, 7) is 7.77. The summed E-state index contributed by atoms with van der Waals surface area (Å²) in [6.07, 6.45) is 3.12. The summed E-state index contributed by atoms with van der Waals surface area (Å²) >= 11 is 0. The molecule has 0 saturated heterocycles. The van der Waals surface area contributed by atoms with Crippen LogP contribution in [0.5, 0.6) is 0 Å². The van der Waals surface area contributed by atoms with E-state index in [-0.39, 0.29) is 12.8 Å². The Morgan fingerprint density at radius 2 is 1.64 bits per heavy atom. The smallest absolute Gasteiger partial charge is 0.303 e. The van der Waals surface area contributed by atoms with Crippen LogP contribution < -0.4 is 0 Å². The molecule has 0 fully saturated rings. The number of aliphatic carboxylic acids is 2. The number of aliphatic imine (C=N–C) groups is 1. The van der Waals surface area contributed by atoms with Crippen LogP contribution in [-0.2, 0) is 16.0 Å².